The van der Waals surface area contributed by atoms with Gasteiger partial charge in [0.1, 0.15) is 6.54 Å². The van der Waals surface area contributed by atoms with Crippen LogP contribution in [0.3, 0.4) is 0 Å². The minimum absolute atomic E-state index is 0.0459. The zero-order chi connectivity index (χ0) is 15.0. The molecule has 0 radical (unpaired) electrons. The first-order chi connectivity index (χ1) is 7.90. The standard InChI is InChI=1S/C6H15N.C5H14NO4P/c1-4-5-6-7(2)3;1-6(2,3)4-5(7)11(8,9)10/h4-6H2,1-3H3;5,7H,4H2,1-3H3,(H-,8,9,10)/p+1. The molecule has 0 aromatic heterocycles. The van der Waals surface area contributed by atoms with Gasteiger partial charge in [-0.05, 0) is 27.1 Å². The van der Waals surface area contributed by atoms with Crippen LogP contribution in [0.15, 0.2) is 0 Å². The molecular weight excluding hydrogens is 255 g/mol. The van der Waals surface area contributed by atoms with E-state index in [4.69, 9.17) is 14.9 Å². The fraction of sp³-hybridized carbons (Fsp3) is 1.00. The van der Waals surface area contributed by atoms with Crippen LogP contribution in [0.4, 0.5) is 0 Å². The third-order valence-corrected chi connectivity index (χ3v) is 3.00. The number of aliphatic hydroxyl groups excluding tert-OH is 1. The minimum atomic E-state index is -4.31. The Morgan fingerprint density at radius 1 is 1.22 bits per heavy atom. The zero-order valence-electron chi connectivity index (χ0n) is 12.5. The van der Waals surface area contributed by atoms with E-state index in [-0.39, 0.29) is 6.54 Å². The number of aliphatic hydroxyl groups is 1. The van der Waals surface area contributed by atoms with Crippen molar-refractivity contribution < 1.29 is 23.9 Å². The normalized spacial score (nSPS) is 14.1. The van der Waals surface area contributed by atoms with E-state index in [0.29, 0.717) is 4.48 Å². The Kier molecular flexibility index (Phi) is 10.2. The molecule has 0 aliphatic rings. The average molecular weight is 285 g/mol. The van der Waals surface area contributed by atoms with Gasteiger partial charge in [0, 0.05) is 0 Å². The lowest BCUT2D eigenvalue weighted by molar-refractivity contribution is -0.872. The topological polar surface area (TPSA) is 81.0 Å². The molecule has 18 heavy (non-hydrogen) atoms. The number of unbranched alkanes of at least 4 members (excludes halogenated alkanes) is 1. The first kappa shape index (κ1) is 20.3. The number of rotatable bonds is 6. The number of hydrogen-bond donors (Lipinski definition) is 3. The van der Waals surface area contributed by atoms with Crippen molar-refractivity contribution in [1.82, 2.24) is 4.90 Å². The monoisotopic (exact) mass is 285 g/mol. The van der Waals surface area contributed by atoms with E-state index in [1.807, 2.05) is 0 Å². The van der Waals surface area contributed by atoms with Crippen LogP contribution in [0.1, 0.15) is 19.8 Å². The van der Waals surface area contributed by atoms with Gasteiger partial charge in [0.05, 0.1) is 21.1 Å². The zero-order valence-corrected chi connectivity index (χ0v) is 13.4. The molecule has 0 bridgehead atoms. The first-order valence-electron chi connectivity index (χ1n) is 6.08. The molecule has 6 nitrogen and oxygen atoms in total. The molecule has 0 fully saturated rings. The summed E-state index contributed by atoms with van der Waals surface area (Å²) in [7, 11) is 5.15. The minimum Gasteiger partial charge on any atom is -0.376 e. The molecule has 1 unspecified atom stereocenters. The maximum atomic E-state index is 10.4. The third-order valence-electron chi connectivity index (χ3n) is 2.06. The van der Waals surface area contributed by atoms with Crippen LogP contribution in [0.25, 0.3) is 0 Å². The van der Waals surface area contributed by atoms with Crippen molar-refractivity contribution in [3.05, 3.63) is 0 Å². The summed E-state index contributed by atoms with van der Waals surface area (Å²) in [6.07, 6.45) is 2.63. The van der Waals surface area contributed by atoms with Crippen molar-refractivity contribution in [2.75, 3.05) is 48.3 Å². The van der Waals surface area contributed by atoms with Gasteiger partial charge in [-0.1, -0.05) is 13.3 Å². The fourth-order valence-electron chi connectivity index (χ4n) is 1.07. The second-order valence-corrected chi connectivity index (χ2v) is 7.47. The Morgan fingerprint density at radius 2 is 1.67 bits per heavy atom. The van der Waals surface area contributed by atoms with Crippen LogP contribution in [-0.2, 0) is 4.57 Å². The van der Waals surface area contributed by atoms with Crippen LogP contribution in [0, 0.1) is 0 Å². The summed E-state index contributed by atoms with van der Waals surface area (Å²) in [6.45, 7) is 3.49. The van der Waals surface area contributed by atoms with E-state index in [9.17, 15) is 4.57 Å². The second-order valence-electron chi connectivity index (χ2n) is 5.70. The van der Waals surface area contributed by atoms with Gasteiger partial charge in [-0.15, -0.1) is 0 Å². The smallest absolute Gasteiger partial charge is 0.359 e. The lowest BCUT2D eigenvalue weighted by atomic mass is 10.3. The molecule has 0 aromatic carbocycles. The van der Waals surface area contributed by atoms with E-state index in [2.05, 4.69) is 25.9 Å². The summed E-state index contributed by atoms with van der Waals surface area (Å²) >= 11 is 0. The fourth-order valence-corrected chi connectivity index (χ4v) is 1.77. The summed E-state index contributed by atoms with van der Waals surface area (Å²) < 4.78 is 10.8. The van der Waals surface area contributed by atoms with Crippen molar-refractivity contribution >= 4 is 7.60 Å². The molecule has 0 aromatic rings. The molecule has 7 heteroatoms. The number of quaternary nitrogens is 1. The van der Waals surface area contributed by atoms with Crippen LogP contribution in [0.5, 0.6) is 0 Å². The predicted octanol–water partition coefficient (Wildman–Crippen LogP) is 0.537. The Bertz CT molecular complexity index is 248. The van der Waals surface area contributed by atoms with Gasteiger partial charge < -0.3 is 24.3 Å². The molecule has 0 spiro atoms. The maximum absolute atomic E-state index is 10.4. The molecular formula is C11H30N2O4P+. The van der Waals surface area contributed by atoms with Gasteiger partial charge in [0.2, 0.25) is 5.85 Å². The number of hydrogen-bond acceptors (Lipinski definition) is 3. The van der Waals surface area contributed by atoms with Crippen LogP contribution in [0.2, 0.25) is 0 Å². The molecule has 3 N–H and O–H groups in total. The number of likely N-dealkylation sites (N-methyl/N-ethyl adjacent to an activating group) is 1. The Hall–Kier alpha value is 0.0300. The molecule has 1 atom stereocenters. The summed E-state index contributed by atoms with van der Waals surface area (Å²) in [5, 5.41) is 8.94. The van der Waals surface area contributed by atoms with Crippen LogP contribution in [-0.4, -0.2) is 78.4 Å². The number of nitrogens with zero attached hydrogens (tertiary/aromatic N) is 2. The average Bonchev–Trinajstić information content (AvgIpc) is 2.11. The molecule has 0 saturated carbocycles. The van der Waals surface area contributed by atoms with Crippen LogP contribution >= 0.6 is 7.60 Å². The molecule has 0 aliphatic heterocycles. The maximum Gasteiger partial charge on any atom is 0.359 e. The Balaban J connectivity index is 0. The highest BCUT2D eigenvalue weighted by Crippen LogP contribution is 2.39. The lowest BCUT2D eigenvalue weighted by Gasteiger charge is -2.26. The Labute approximate surface area is 111 Å². The highest BCUT2D eigenvalue weighted by Gasteiger charge is 2.31. The quantitative estimate of drug-likeness (QED) is 0.490. The van der Waals surface area contributed by atoms with Gasteiger partial charge in [-0.3, -0.25) is 4.57 Å². The molecule has 0 saturated heterocycles. The van der Waals surface area contributed by atoms with Gasteiger partial charge in [-0.2, -0.15) is 0 Å². The summed E-state index contributed by atoms with van der Waals surface area (Å²) in [4.78, 5) is 19.2. The van der Waals surface area contributed by atoms with Crippen LogP contribution < -0.4 is 0 Å². The van der Waals surface area contributed by atoms with Crippen molar-refractivity contribution in [3.8, 4) is 0 Å². The highest BCUT2D eigenvalue weighted by molar-refractivity contribution is 7.52. The van der Waals surface area contributed by atoms with Gasteiger partial charge in [-0.25, -0.2) is 0 Å². The van der Waals surface area contributed by atoms with Crippen molar-refractivity contribution in [2.45, 2.75) is 25.6 Å². The second kappa shape index (κ2) is 9.02. The largest absolute Gasteiger partial charge is 0.376 e. The van der Waals surface area contributed by atoms with E-state index in [1.54, 1.807) is 21.1 Å². The van der Waals surface area contributed by atoms with Gasteiger partial charge in [0.25, 0.3) is 0 Å². The summed E-state index contributed by atoms with van der Waals surface area (Å²) in [5.41, 5.74) is 0. The lowest BCUT2D eigenvalue weighted by Crippen LogP contribution is -2.41. The first-order valence-corrected chi connectivity index (χ1v) is 7.76. The van der Waals surface area contributed by atoms with Crippen molar-refractivity contribution in [2.24, 2.45) is 0 Å². The summed E-state index contributed by atoms with van der Waals surface area (Å²) in [5.74, 6) is -1.55. The highest BCUT2D eigenvalue weighted by atomic mass is 31.2. The molecule has 0 rings (SSSR count). The SMILES string of the molecule is CCCCN(C)C.C[N+](C)(C)CC(O)P(=O)(O)O. The third kappa shape index (κ3) is 16.0. The van der Waals surface area contributed by atoms with E-state index >= 15 is 0 Å². The predicted molar refractivity (Wildman–Crippen MR) is 74.4 cm³/mol. The van der Waals surface area contributed by atoms with Gasteiger partial charge >= 0.3 is 7.60 Å². The van der Waals surface area contributed by atoms with E-state index in [1.165, 1.54) is 19.4 Å². The molecule has 0 heterocycles. The summed E-state index contributed by atoms with van der Waals surface area (Å²) in [6, 6.07) is 0. The molecule has 0 amide bonds. The van der Waals surface area contributed by atoms with Gasteiger partial charge in [0.15, 0.2) is 0 Å². The van der Waals surface area contributed by atoms with E-state index in [0.717, 1.165) is 0 Å². The van der Waals surface area contributed by atoms with Crippen molar-refractivity contribution in [1.29, 1.82) is 0 Å². The molecule has 112 valence electrons. The molecule has 0 aliphatic carbocycles. The van der Waals surface area contributed by atoms with Crippen molar-refractivity contribution in [3.63, 3.8) is 0 Å². The van der Waals surface area contributed by atoms with E-state index < -0.39 is 13.4 Å². The Morgan fingerprint density at radius 3 is 1.78 bits per heavy atom.